The molecule has 4 nitrogen and oxygen atoms in total. The van der Waals surface area contributed by atoms with Gasteiger partial charge in [0.25, 0.3) is 5.56 Å². The molecule has 16 heavy (non-hydrogen) atoms. The molecule has 4 heteroatoms. The first-order valence-corrected chi connectivity index (χ1v) is 5.28. The number of H-pyrrole nitrogens is 1. The molecule has 0 atom stereocenters. The number of hydrogen-bond acceptors (Lipinski definition) is 2. The van der Waals surface area contributed by atoms with Gasteiger partial charge in [0.05, 0.1) is 5.69 Å². The average Bonchev–Trinajstić information content (AvgIpc) is 2.69. The van der Waals surface area contributed by atoms with Crippen molar-refractivity contribution < 1.29 is 5.11 Å². The highest BCUT2D eigenvalue weighted by Crippen LogP contribution is 2.04. The van der Waals surface area contributed by atoms with Gasteiger partial charge in [-0.25, -0.2) is 4.68 Å². The molecule has 0 aliphatic heterocycles. The van der Waals surface area contributed by atoms with Crippen LogP contribution in [-0.2, 0) is 6.42 Å². The Labute approximate surface area is 93.1 Å². The van der Waals surface area contributed by atoms with Crippen LogP contribution in [0.5, 0.6) is 0 Å². The molecule has 0 fully saturated rings. The summed E-state index contributed by atoms with van der Waals surface area (Å²) in [5, 5.41) is 11.7. The van der Waals surface area contributed by atoms with Gasteiger partial charge in [0.15, 0.2) is 0 Å². The van der Waals surface area contributed by atoms with E-state index in [0.717, 1.165) is 11.4 Å². The molecule has 84 valence electrons. The minimum absolute atomic E-state index is 0.0702. The second-order valence-corrected chi connectivity index (χ2v) is 3.62. The van der Waals surface area contributed by atoms with Crippen molar-refractivity contribution in [1.29, 1.82) is 0 Å². The largest absolute Gasteiger partial charge is 0.396 e. The summed E-state index contributed by atoms with van der Waals surface area (Å²) in [5.74, 6) is 0. The normalized spacial score (nSPS) is 10.6. The molecule has 2 rings (SSSR count). The summed E-state index contributed by atoms with van der Waals surface area (Å²) in [6, 6.07) is 11.0. The maximum Gasteiger partial charge on any atom is 0.271 e. The molecule has 1 aromatic heterocycles. The molecule has 0 amide bonds. The number of hydrogen-bond donors (Lipinski definition) is 2. The molecule has 1 heterocycles. The Morgan fingerprint density at radius 3 is 2.69 bits per heavy atom. The van der Waals surface area contributed by atoms with E-state index >= 15 is 0 Å². The van der Waals surface area contributed by atoms with E-state index in [9.17, 15) is 4.79 Å². The lowest BCUT2D eigenvalue weighted by atomic mass is 10.2. The zero-order chi connectivity index (χ0) is 11.4. The molecule has 0 saturated heterocycles. The number of rotatable bonds is 4. The molecule has 2 aromatic rings. The van der Waals surface area contributed by atoms with Gasteiger partial charge in [-0.15, -0.1) is 0 Å². The Balaban J connectivity index is 2.29. The van der Waals surface area contributed by atoms with Crippen LogP contribution in [0.2, 0.25) is 0 Å². The monoisotopic (exact) mass is 218 g/mol. The maximum atomic E-state index is 11.7. The Bertz CT molecular complexity index is 499. The number of aliphatic hydroxyl groups excluding tert-OH is 1. The molecule has 0 bridgehead atoms. The van der Waals surface area contributed by atoms with Crippen LogP contribution in [0.3, 0.4) is 0 Å². The van der Waals surface area contributed by atoms with Crippen molar-refractivity contribution in [3.63, 3.8) is 0 Å². The van der Waals surface area contributed by atoms with Crippen LogP contribution in [0.4, 0.5) is 0 Å². The number of nitrogens with zero attached hydrogens (tertiary/aromatic N) is 1. The van der Waals surface area contributed by atoms with E-state index in [1.807, 2.05) is 30.3 Å². The van der Waals surface area contributed by atoms with Crippen LogP contribution < -0.4 is 5.56 Å². The van der Waals surface area contributed by atoms with E-state index in [1.54, 1.807) is 6.07 Å². The fourth-order valence-electron chi connectivity index (χ4n) is 1.61. The minimum atomic E-state index is -0.0702. The number of aliphatic hydroxyl groups is 1. The lowest BCUT2D eigenvalue weighted by molar-refractivity contribution is 0.288. The van der Waals surface area contributed by atoms with Crippen molar-refractivity contribution in [3.05, 3.63) is 52.4 Å². The van der Waals surface area contributed by atoms with Crippen LogP contribution in [0.25, 0.3) is 5.69 Å². The van der Waals surface area contributed by atoms with Crippen molar-refractivity contribution in [2.24, 2.45) is 0 Å². The number of para-hydroxylation sites is 1. The quantitative estimate of drug-likeness (QED) is 0.807. The fourth-order valence-corrected chi connectivity index (χ4v) is 1.61. The minimum Gasteiger partial charge on any atom is -0.396 e. The third-order valence-electron chi connectivity index (χ3n) is 2.39. The van der Waals surface area contributed by atoms with E-state index in [1.165, 1.54) is 4.68 Å². The molecule has 2 N–H and O–H groups in total. The molecule has 0 spiro atoms. The number of benzene rings is 1. The molecule has 0 aliphatic rings. The molecule has 0 saturated carbocycles. The first kappa shape index (κ1) is 10.7. The van der Waals surface area contributed by atoms with Gasteiger partial charge >= 0.3 is 0 Å². The zero-order valence-corrected chi connectivity index (χ0v) is 8.89. The maximum absolute atomic E-state index is 11.7. The predicted octanol–water partition coefficient (Wildman–Crippen LogP) is 1.09. The van der Waals surface area contributed by atoms with Gasteiger partial charge < -0.3 is 5.11 Å². The Morgan fingerprint density at radius 2 is 2.00 bits per heavy atom. The van der Waals surface area contributed by atoms with Crippen molar-refractivity contribution in [2.75, 3.05) is 6.61 Å². The summed E-state index contributed by atoms with van der Waals surface area (Å²) in [6.07, 6.45) is 1.35. The van der Waals surface area contributed by atoms with Gasteiger partial charge in [-0.3, -0.25) is 9.89 Å². The molecule has 0 radical (unpaired) electrons. The standard InChI is InChI=1S/C12H14N2O2/c15-8-4-5-10-9-12(16)14(13-10)11-6-2-1-3-7-11/h1-3,6-7,9,13,15H,4-5,8H2. The van der Waals surface area contributed by atoms with Gasteiger partial charge in [-0.05, 0) is 25.0 Å². The Kier molecular flexibility index (Phi) is 3.22. The van der Waals surface area contributed by atoms with Gasteiger partial charge in [0.1, 0.15) is 0 Å². The third kappa shape index (κ3) is 2.23. The number of aryl methyl sites for hydroxylation is 1. The van der Waals surface area contributed by atoms with E-state index in [4.69, 9.17) is 5.11 Å². The lowest BCUT2D eigenvalue weighted by Gasteiger charge is -2.00. The van der Waals surface area contributed by atoms with Crippen LogP contribution in [0, 0.1) is 0 Å². The molecular formula is C12H14N2O2. The van der Waals surface area contributed by atoms with E-state index < -0.39 is 0 Å². The average molecular weight is 218 g/mol. The molecule has 0 unspecified atom stereocenters. The molecular weight excluding hydrogens is 204 g/mol. The highest BCUT2D eigenvalue weighted by Gasteiger charge is 2.03. The van der Waals surface area contributed by atoms with E-state index in [-0.39, 0.29) is 12.2 Å². The number of aromatic nitrogens is 2. The number of aromatic amines is 1. The van der Waals surface area contributed by atoms with Gasteiger partial charge in [0, 0.05) is 18.4 Å². The summed E-state index contributed by atoms with van der Waals surface area (Å²) in [7, 11) is 0. The van der Waals surface area contributed by atoms with Crippen LogP contribution in [0.1, 0.15) is 12.1 Å². The third-order valence-corrected chi connectivity index (χ3v) is 2.39. The topological polar surface area (TPSA) is 58.0 Å². The summed E-state index contributed by atoms with van der Waals surface area (Å²) < 4.78 is 1.51. The lowest BCUT2D eigenvalue weighted by Crippen LogP contribution is -2.12. The van der Waals surface area contributed by atoms with Gasteiger partial charge in [-0.2, -0.15) is 0 Å². The smallest absolute Gasteiger partial charge is 0.271 e. The summed E-state index contributed by atoms with van der Waals surface area (Å²) in [6.45, 7) is 0.137. The van der Waals surface area contributed by atoms with Crippen LogP contribution in [0.15, 0.2) is 41.2 Å². The predicted molar refractivity (Wildman–Crippen MR) is 61.8 cm³/mol. The van der Waals surface area contributed by atoms with Gasteiger partial charge in [0.2, 0.25) is 0 Å². The number of nitrogens with one attached hydrogen (secondary N) is 1. The highest BCUT2D eigenvalue weighted by atomic mass is 16.2. The highest BCUT2D eigenvalue weighted by molar-refractivity contribution is 5.30. The summed E-state index contributed by atoms with van der Waals surface area (Å²) >= 11 is 0. The van der Waals surface area contributed by atoms with Crippen molar-refractivity contribution >= 4 is 0 Å². The van der Waals surface area contributed by atoms with E-state index in [0.29, 0.717) is 12.8 Å². The Hall–Kier alpha value is -1.81. The second kappa shape index (κ2) is 4.81. The second-order valence-electron chi connectivity index (χ2n) is 3.62. The van der Waals surface area contributed by atoms with Crippen molar-refractivity contribution in [1.82, 2.24) is 9.78 Å². The first-order chi connectivity index (χ1) is 7.81. The van der Waals surface area contributed by atoms with Crippen LogP contribution >= 0.6 is 0 Å². The first-order valence-electron chi connectivity index (χ1n) is 5.28. The zero-order valence-electron chi connectivity index (χ0n) is 8.89. The molecule has 0 aliphatic carbocycles. The van der Waals surface area contributed by atoms with Gasteiger partial charge in [-0.1, -0.05) is 18.2 Å². The SMILES string of the molecule is O=c1cc(CCCO)[nH]n1-c1ccccc1. The van der Waals surface area contributed by atoms with Crippen LogP contribution in [-0.4, -0.2) is 21.5 Å². The van der Waals surface area contributed by atoms with Crippen molar-refractivity contribution in [2.45, 2.75) is 12.8 Å². The van der Waals surface area contributed by atoms with E-state index in [2.05, 4.69) is 5.10 Å². The summed E-state index contributed by atoms with van der Waals surface area (Å²) in [5.41, 5.74) is 1.60. The Morgan fingerprint density at radius 1 is 1.25 bits per heavy atom. The summed E-state index contributed by atoms with van der Waals surface area (Å²) in [4.78, 5) is 11.7. The molecule has 1 aromatic carbocycles. The van der Waals surface area contributed by atoms with Crippen molar-refractivity contribution in [3.8, 4) is 5.69 Å². The fraction of sp³-hybridized carbons (Fsp3) is 0.250.